The van der Waals surface area contributed by atoms with Crippen LogP contribution in [-0.2, 0) is 9.59 Å². The lowest BCUT2D eigenvalue weighted by Crippen LogP contribution is -2.30. The highest BCUT2D eigenvalue weighted by atomic mass is 32.2. The van der Waals surface area contributed by atoms with Crippen LogP contribution in [-0.4, -0.2) is 34.0 Å². The molecule has 0 saturated carbocycles. The first-order chi connectivity index (χ1) is 19.7. The van der Waals surface area contributed by atoms with Crippen molar-refractivity contribution in [3.8, 4) is 0 Å². The van der Waals surface area contributed by atoms with Crippen LogP contribution in [0.5, 0.6) is 0 Å². The number of rotatable bonds is 10. The van der Waals surface area contributed by atoms with Crippen LogP contribution in [0.25, 0.3) is 6.08 Å². The van der Waals surface area contributed by atoms with Gasteiger partial charge in [-0.15, -0.1) is 11.8 Å². The quantitative estimate of drug-likeness (QED) is 0.128. The van der Waals surface area contributed by atoms with Crippen molar-refractivity contribution in [2.24, 2.45) is 0 Å². The zero-order valence-corrected chi connectivity index (χ0v) is 23.8. The molecule has 0 aliphatic heterocycles. The highest BCUT2D eigenvalue weighted by molar-refractivity contribution is 8.00. The van der Waals surface area contributed by atoms with Crippen molar-refractivity contribution >= 4 is 64.2 Å². The fourth-order valence-corrected chi connectivity index (χ4v) is 5.15. The summed E-state index contributed by atoms with van der Waals surface area (Å²) in [5.74, 6) is -2.21. The Kier molecular flexibility index (Phi) is 9.73. The van der Waals surface area contributed by atoms with E-state index in [9.17, 15) is 24.3 Å². The fraction of sp³-hybridized carbons (Fsp3) is 0.0968. The normalized spacial score (nSPS) is 11.8. The van der Waals surface area contributed by atoms with E-state index in [0.29, 0.717) is 16.9 Å². The van der Waals surface area contributed by atoms with Crippen molar-refractivity contribution in [1.29, 1.82) is 0 Å². The van der Waals surface area contributed by atoms with Gasteiger partial charge in [-0.3, -0.25) is 14.4 Å². The molecule has 0 spiro atoms. The summed E-state index contributed by atoms with van der Waals surface area (Å²) in [6.07, 6.45) is 1.62. The van der Waals surface area contributed by atoms with E-state index in [2.05, 4.69) is 16.0 Å². The third kappa shape index (κ3) is 8.17. The standard InChI is InChI=1S/C31H27N3O5S2/c1-19-8-9-23(31(38)39)17-26(19)33-28(35)20(2)41-25-12-10-24(11-13-25)32-30(37)27(16-21-14-15-40-18-21)34-29(36)22-6-4-3-5-7-22/h3-18,20H,1-2H3,(H,32,37)(H,33,35)(H,34,36)(H,38,39)/b27-16-. The summed E-state index contributed by atoms with van der Waals surface area (Å²) < 4.78 is 0. The zero-order valence-electron chi connectivity index (χ0n) is 22.2. The Bertz CT molecular complexity index is 1580. The Morgan fingerprint density at radius 1 is 0.902 bits per heavy atom. The molecule has 0 radical (unpaired) electrons. The number of carboxylic acids is 1. The van der Waals surface area contributed by atoms with E-state index in [0.717, 1.165) is 16.0 Å². The number of aryl methyl sites for hydroxylation is 1. The Hall–Kier alpha value is -4.67. The van der Waals surface area contributed by atoms with Crippen LogP contribution in [0.4, 0.5) is 11.4 Å². The molecule has 0 aliphatic carbocycles. The highest BCUT2D eigenvalue weighted by Gasteiger charge is 2.18. The maximum absolute atomic E-state index is 13.1. The second-order valence-electron chi connectivity index (χ2n) is 9.00. The van der Waals surface area contributed by atoms with Crippen molar-refractivity contribution in [2.75, 3.05) is 10.6 Å². The minimum Gasteiger partial charge on any atom is -0.478 e. The van der Waals surface area contributed by atoms with E-state index < -0.39 is 23.0 Å². The number of carbonyl (C=O) groups is 4. The van der Waals surface area contributed by atoms with Crippen LogP contribution >= 0.6 is 23.1 Å². The SMILES string of the molecule is Cc1ccc(C(=O)O)cc1NC(=O)C(C)Sc1ccc(NC(=O)/C(=C/c2ccsc2)NC(=O)c2ccccc2)cc1. The first-order valence-electron chi connectivity index (χ1n) is 12.5. The Labute approximate surface area is 245 Å². The summed E-state index contributed by atoms with van der Waals surface area (Å²) >= 11 is 2.80. The number of carboxylic acid groups (broad SMARTS) is 1. The molecular weight excluding hydrogens is 558 g/mol. The molecule has 41 heavy (non-hydrogen) atoms. The Balaban J connectivity index is 1.40. The van der Waals surface area contributed by atoms with Crippen molar-refractivity contribution in [1.82, 2.24) is 5.32 Å². The lowest BCUT2D eigenvalue weighted by molar-refractivity contribution is -0.115. The topological polar surface area (TPSA) is 125 Å². The van der Waals surface area contributed by atoms with Crippen molar-refractivity contribution in [3.05, 3.63) is 118 Å². The molecule has 0 fully saturated rings. The van der Waals surface area contributed by atoms with E-state index in [1.54, 1.807) is 74.5 Å². The lowest BCUT2D eigenvalue weighted by Gasteiger charge is -2.15. The van der Waals surface area contributed by atoms with E-state index in [1.807, 2.05) is 22.9 Å². The molecule has 4 N–H and O–H groups in total. The van der Waals surface area contributed by atoms with E-state index in [1.165, 1.54) is 35.2 Å². The minimum atomic E-state index is -1.07. The number of carbonyl (C=O) groups excluding carboxylic acids is 3. The summed E-state index contributed by atoms with van der Waals surface area (Å²) in [5.41, 5.74) is 3.14. The average Bonchev–Trinajstić information content (AvgIpc) is 3.48. The second-order valence-corrected chi connectivity index (χ2v) is 11.2. The molecule has 3 aromatic carbocycles. The van der Waals surface area contributed by atoms with E-state index in [4.69, 9.17) is 0 Å². The predicted molar refractivity (Wildman–Crippen MR) is 163 cm³/mol. The van der Waals surface area contributed by atoms with Gasteiger partial charge in [-0.05, 0) is 96.4 Å². The van der Waals surface area contributed by atoms with Crippen LogP contribution in [0.15, 0.2) is 100 Å². The molecule has 0 saturated heterocycles. The summed E-state index contributed by atoms with van der Waals surface area (Å²) in [4.78, 5) is 50.7. The van der Waals surface area contributed by atoms with Crippen LogP contribution in [0.1, 0.15) is 38.8 Å². The first kappa shape index (κ1) is 29.3. The van der Waals surface area contributed by atoms with Crippen LogP contribution in [0.3, 0.4) is 0 Å². The zero-order chi connectivity index (χ0) is 29.4. The van der Waals surface area contributed by atoms with Gasteiger partial charge in [0.2, 0.25) is 5.91 Å². The molecule has 4 rings (SSSR count). The molecular formula is C31H27N3O5S2. The number of nitrogens with one attached hydrogen (secondary N) is 3. The molecule has 3 amide bonds. The van der Waals surface area contributed by atoms with Gasteiger partial charge in [-0.2, -0.15) is 11.3 Å². The highest BCUT2D eigenvalue weighted by Crippen LogP contribution is 2.27. The molecule has 4 aromatic rings. The predicted octanol–water partition coefficient (Wildman–Crippen LogP) is 6.28. The Morgan fingerprint density at radius 3 is 2.29 bits per heavy atom. The maximum atomic E-state index is 13.1. The second kappa shape index (κ2) is 13.6. The lowest BCUT2D eigenvalue weighted by atomic mass is 10.1. The van der Waals surface area contributed by atoms with Crippen molar-refractivity contribution in [3.63, 3.8) is 0 Å². The van der Waals surface area contributed by atoms with Gasteiger partial charge >= 0.3 is 5.97 Å². The van der Waals surface area contributed by atoms with E-state index >= 15 is 0 Å². The van der Waals surface area contributed by atoms with Crippen LogP contribution in [0.2, 0.25) is 0 Å². The van der Waals surface area contributed by atoms with Gasteiger partial charge in [0.1, 0.15) is 5.70 Å². The molecule has 8 nitrogen and oxygen atoms in total. The fourth-order valence-electron chi connectivity index (χ4n) is 3.66. The monoisotopic (exact) mass is 585 g/mol. The molecule has 10 heteroatoms. The van der Waals surface area contributed by atoms with Crippen molar-refractivity contribution < 1.29 is 24.3 Å². The summed E-state index contributed by atoms with van der Waals surface area (Å²) in [5, 5.41) is 20.8. The van der Waals surface area contributed by atoms with Gasteiger partial charge in [-0.25, -0.2) is 4.79 Å². The van der Waals surface area contributed by atoms with Gasteiger partial charge in [-0.1, -0.05) is 24.3 Å². The number of anilines is 2. The third-order valence-electron chi connectivity index (χ3n) is 5.92. The smallest absolute Gasteiger partial charge is 0.335 e. The third-order valence-corrected chi connectivity index (χ3v) is 7.73. The number of aromatic carboxylic acids is 1. The molecule has 208 valence electrons. The number of benzene rings is 3. The van der Waals surface area contributed by atoms with E-state index in [-0.39, 0.29) is 17.2 Å². The van der Waals surface area contributed by atoms with Gasteiger partial charge in [0.05, 0.1) is 10.8 Å². The molecule has 1 heterocycles. The van der Waals surface area contributed by atoms with Gasteiger partial charge < -0.3 is 21.1 Å². The molecule has 1 unspecified atom stereocenters. The van der Waals surface area contributed by atoms with Gasteiger partial charge in [0, 0.05) is 21.8 Å². The summed E-state index contributed by atoms with van der Waals surface area (Å²) in [6.45, 7) is 3.54. The number of amides is 3. The van der Waals surface area contributed by atoms with Crippen LogP contribution < -0.4 is 16.0 Å². The molecule has 1 atom stereocenters. The molecule has 0 aliphatic rings. The Morgan fingerprint density at radius 2 is 1.63 bits per heavy atom. The van der Waals surface area contributed by atoms with Gasteiger partial charge in [0.15, 0.2) is 0 Å². The largest absolute Gasteiger partial charge is 0.478 e. The maximum Gasteiger partial charge on any atom is 0.335 e. The summed E-state index contributed by atoms with van der Waals surface area (Å²) in [7, 11) is 0. The van der Waals surface area contributed by atoms with Gasteiger partial charge in [0.25, 0.3) is 11.8 Å². The first-order valence-corrected chi connectivity index (χ1v) is 14.3. The number of hydrogen-bond acceptors (Lipinski definition) is 6. The average molecular weight is 586 g/mol. The van der Waals surface area contributed by atoms with Crippen LogP contribution in [0, 0.1) is 6.92 Å². The van der Waals surface area contributed by atoms with Crippen molar-refractivity contribution in [2.45, 2.75) is 24.0 Å². The molecule has 1 aromatic heterocycles. The number of thioether (sulfide) groups is 1. The number of hydrogen-bond donors (Lipinski definition) is 4. The molecule has 0 bridgehead atoms. The summed E-state index contributed by atoms with van der Waals surface area (Å²) in [6, 6.07) is 22.1. The minimum absolute atomic E-state index is 0.0943. The number of thiophene rings is 1.